The number of hydrogen-bond donors (Lipinski definition) is 1. The summed E-state index contributed by atoms with van der Waals surface area (Å²) in [4.78, 5) is 17.1. The van der Waals surface area contributed by atoms with E-state index in [9.17, 15) is 9.90 Å². The lowest BCUT2D eigenvalue weighted by Gasteiger charge is -2.35. The van der Waals surface area contributed by atoms with E-state index in [0.29, 0.717) is 11.5 Å². The maximum absolute atomic E-state index is 11.9. The Morgan fingerprint density at radius 1 is 0.974 bits per heavy atom. The van der Waals surface area contributed by atoms with Crippen molar-refractivity contribution in [2.45, 2.75) is 77.2 Å². The molecule has 0 radical (unpaired) electrons. The van der Waals surface area contributed by atoms with Crippen LogP contribution in [0.2, 0.25) is 5.02 Å². The Hall–Kier alpha value is -2.50. The molecule has 3 aliphatic rings. The summed E-state index contributed by atoms with van der Waals surface area (Å²) >= 11 is 6.64. The molecule has 208 valence electrons. The fraction of sp³-hybridized carbons (Fsp3) is 0.545. The Bertz CT molecular complexity index is 1340. The molecule has 0 amide bonds. The molecule has 0 spiro atoms. The van der Waals surface area contributed by atoms with Crippen LogP contribution in [0.3, 0.4) is 0 Å². The average Bonchev–Trinajstić information content (AvgIpc) is 3.18. The Morgan fingerprint density at radius 3 is 2.62 bits per heavy atom. The highest BCUT2D eigenvalue weighted by Crippen LogP contribution is 2.48. The monoisotopic (exact) mass is 547 g/mol. The fourth-order valence-electron chi connectivity index (χ4n) is 7.64. The van der Waals surface area contributed by atoms with Crippen LogP contribution >= 0.6 is 11.6 Å². The standard InChI is InChI=1S/C33H42ClN3O2/c1-2-7-23-8-6-15-35(22-23)16-17-36-18-19-37-30-20-25(33(38)39)11-13-27(30)31(24-9-4-3-5-10-24)32(37)28-14-12-26(34)21-29(28)36/h11-14,20-21,23-24H,2-10,15-19,22H2,1H3,(H,38,39). The molecule has 0 bridgehead atoms. The van der Waals surface area contributed by atoms with Crippen LogP contribution < -0.4 is 4.90 Å². The number of carboxylic acid groups (broad SMARTS) is 1. The van der Waals surface area contributed by atoms with Crippen molar-refractivity contribution in [1.29, 1.82) is 0 Å². The van der Waals surface area contributed by atoms with Gasteiger partial charge in [0.15, 0.2) is 0 Å². The Balaban J connectivity index is 1.40. The van der Waals surface area contributed by atoms with Gasteiger partial charge in [-0.15, -0.1) is 0 Å². The summed E-state index contributed by atoms with van der Waals surface area (Å²) in [6.07, 6.45) is 11.5. The van der Waals surface area contributed by atoms with Gasteiger partial charge in [-0.1, -0.05) is 50.3 Å². The molecular weight excluding hydrogens is 506 g/mol. The molecule has 1 aromatic heterocycles. The highest BCUT2D eigenvalue weighted by molar-refractivity contribution is 6.31. The highest BCUT2D eigenvalue weighted by atomic mass is 35.5. The van der Waals surface area contributed by atoms with E-state index in [-0.39, 0.29) is 0 Å². The van der Waals surface area contributed by atoms with E-state index in [1.54, 1.807) is 6.07 Å². The van der Waals surface area contributed by atoms with Gasteiger partial charge in [0.1, 0.15) is 0 Å². The first-order valence-electron chi connectivity index (χ1n) is 15.2. The predicted octanol–water partition coefficient (Wildman–Crippen LogP) is 8.04. The lowest BCUT2D eigenvalue weighted by Crippen LogP contribution is -2.41. The highest BCUT2D eigenvalue weighted by Gasteiger charge is 2.31. The van der Waals surface area contributed by atoms with Crippen LogP contribution in [0, 0.1) is 5.92 Å². The van der Waals surface area contributed by atoms with Crippen LogP contribution in [0.4, 0.5) is 5.69 Å². The van der Waals surface area contributed by atoms with Crippen LogP contribution in [0.1, 0.15) is 86.6 Å². The Kier molecular flexibility index (Phi) is 7.91. The molecule has 39 heavy (non-hydrogen) atoms. The molecule has 6 heteroatoms. The lowest BCUT2D eigenvalue weighted by molar-refractivity contribution is 0.0697. The molecular formula is C33H42ClN3O2. The lowest BCUT2D eigenvalue weighted by atomic mass is 9.81. The fourth-order valence-corrected chi connectivity index (χ4v) is 7.80. The number of piperidine rings is 1. The molecule has 1 aliphatic carbocycles. The van der Waals surface area contributed by atoms with Gasteiger partial charge in [-0.25, -0.2) is 4.79 Å². The smallest absolute Gasteiger partial charge is 0.335 e. The summed E-state index contributed by atoms with van der Waals surface area (Å²) in [5, 5.41) is 11.8. The largest absolute Gasteiger partial charge is 0.478 e. The maximum Gasteiger partial charge on any atom is 0.335 e. The minimum Gasteiger partial charge on any atom is -0.478 e. The third-order valence-electron chi connectivity index (χ3n) is 9.50. The molecule has 3 heterocycles. The molecule has 6 rings (SSSR count). The molecule has 3 aromatic rings. The number of likely N-dealkylation sites (tertiary alicyclic amines) is 1. The van der Waals surface area contributed by atoms with E-state index in [0.717, 1.165) is 42.6 Å². The van der Waals surface area contributed by atoms with Gasteiger partial charge in [-0.3, -0.25) is 0 Å². The van der Waals surface area contributed by atoms with Crippen LogP contribution in [0.5, 0.6) is 0 Å². The van der Waals surface area contributed by atoms with E-state index in [2.05, 4.69) is 39.5 Å². The van der Waals surface area contributed by atoms with Crippen LogP contribution in [0.25, 0.3) is 22.2 Å². The number of anilines is 1. The average molecular weight is 548 g/mol. The number of nitrogens with zero attached hydrogens (tertiary/aromatic N) is 3. The second-order valence-corrected chi connectivity index (χ2v) is 12.5. The number of hydrogen-bond acceptors (Lipinski definition) is 3. The summed E-state index contributed by atoms with van der Waals surface area (Å²) < 4.78 is 2.43. The molecule has 1 atom stereocenters. The molecule has 1 unspecified atom stereocenters. The van der Waals surface area contributed by atoms with Gasteiger partial charge in [0, 0.05) is 59.9 Å². The summed E-state index contributed by atoms with van der Waals surface area (Å²) in [7, 11) is 0. The van der Waals surface area contributed by atoms with E-state index in [4.69, 9.17) is 11.6 Å². The number of carbonyl (C=O) groups is 1. The van der Waals surface area contributed by atoms with Gasteiger partial charge in [0.25, 0.3) is 0 Å². The van der Waals surface area contributed by atoms with Gasteiger partial charge in [0.05, 0.1) is 11.3 Å². The quantitative estimate of drug-likeness (QED) is 0.325. The summed E-state index contributed by atoms with van der Waals surface area (Å²) in [5.41, 5.74) is 6.60. The number of halogens is 1. The number of rotatable bonds is 7. The van der Waals surface area contributed by atoms with E-state index < -0.39 is 5.97 Å². The van der Waals surface area contributed by atoms with Crippen molar-refractivity contribution in [3.8, 4) is 11.3 Å². The molecule has 2 fully saturated rings. The summed E-state index contributed by atoms with van der Waals surface area (Å²) in [5.74, 6) is 0.479. The van der Waals surface area contributed by atoms with Crippen molar-refractivity contribution in [3.05, 3.63) is 52.5 Å². The van der Waals surface area contributed by atoms with Crippen LogP contribution in [0.15, 0.2) is 36.4 Å². The number of benzene rings is 2. The molecule has 1 saturated carbocycles. The second kappa shape index (κ2) is 11.5. The number of carboxylic acids is 1. The third kappa shape index (κ3) is 5.32. The molecule has 2 aromatic carbocycles. The van der Waals surface area contributed by atoms with Gasteiger partial charge < -0.3 is 19.5 Å². The van der Waals surface area contributed by atoms with Crippen molar-refractivity contribution in [3.63, 3.8) is 0 Å². The van der Waals surface area contributed by atoms with Crippen molar-refractivity contribution in [1.82, 2.24) is 9.47 Å². The van der Waals surface area contributed by atoms with E-state index >= 15 is 0 Å². The normalized spacial score (nSPS) is 20.6. The SMILES string of the molecule is CCCC1CCCN(CCN2CCn3c(c(C4CCCCC4)c4ccc(C(=O)O)cc43)-c3ccc(Cl)cc32)C1. The second-order valence-electron chi connectivity index (χ2n) is 12.0. The zero-order chi connectivity index (χ0) is 26.9. The molecule has 1 N–H and O–H groups in total. The van der Waals surface area contributed by atoms with Gasteiger partial charge >= 0.3 is 5.97 Å². The van der Waals surface area contributed by atoms with Crippen molar-refractivity contribution >= 4 is 34.2 Å². The van der Waals surface area contributed by atoms with Gasteiger partial charge in [-0.05, 0) is 86.4 Å². The van der Waals surface area contributed by atoms with Gasteiger partial charge in [0.2, 0.25) is 0 Å². The molecule has 5 nitrogen and oxygen atoms in total. The zero-order valence-electron chi connectivity index (χ0n) is 23.3. The topological polar surface area (TPSA) is 48.7 Å². The summed E-state index contributed by atoms with van der Waals surface area (Å²) in [6, 6.07) is 12.2. The van der Waals surface area contributed by atoms with Crippen molar-refractivity contribution in [2.24, 2.45) is 5.92 Å². The van der Waals surface area contributed by atoms with Crippen molar-refractivity contribution in [2.75, 3.05) is 37.6 Å². The Labute approximate surface area is 237 Å². The Morgan fingerprint density at radius 2 is 1.82 bits per heavy atom. The zero-order valence-corrected chi connectivity index (χ0v) is 24.1. The predicted molar refractivity (Wildman–Crippen MR) is 161 cm³/mol. The van der Waals surface area contributed by atoms with Crippen LogP contribution in [-0.2, 0) is 6.54 Å². The van der Waals surface area contributed by atoms with E-state index in [1.165, 1.54) is 98.8 Å². The number of fused-ring (bicyclic) bond motifs is 5. The van der Waals surface area contributed by atoms with Crippen molar-refractivity contribution < 1.29 is 9.90 Å². The number of aromatic nitrogens is 1. The minimum absolute atomic E-state index is 0.363. The first-order valence-corrected chi connectivity index (χ1v) is 15.6. The first-order chi connectivity index (χ1) is 19.0. The minimum atomic E-state index is -0.864. The molecule has 1 saturated heterocycles. The summed E-state index contributed by atoms with van der Waals surface area (Å²) in [6.45, 7) is 8.50. The maximum atomic E-state index is 11.9. The van der Waals surface area contributed by atoms with E-state index in [1.807, 2.05) is 12.1 Å². The number of aromatic carboxylic acids is 1. The van der Waals surface area contributed by atoms with Gasteiger partial charge in [-0.2, -0.15) is 0 Å². The molecule has 2 aliphatic heterocycles. The van der Waals surface area contributed by atoms with Crippen LogP contribution in [-0.4, -0.2) is 53.3 Å². The first kappa shape index (κ1) is 26.7. The third-order valence-corrected chi connectivity index (χ3v) is 9.73.